The first-order valence-electron chi connectivity index (χ1n) is 13.7. The molecule has 1 amide bonds. The van der Waals surface area contributed by atoms with Gasteiger partial charge < -0.3 is 14.5 Å². The summed E-state index contributed by atoms with van der Waals surface area (Å²) in [6.07, 6.45) is -0.461. The first-order valence-corrected chi connectivity index (χ1v) is 18.6. The molecule has 0 saturated heterocycles. The van der Waals surface area contributed by atoms with Gasteiger partial charge in [0.15, 0.2) is 0 Å². The van der Waals surface area contributed by atoms with Crippen molar-refractivity contribution in [3.05, 3.63) is 103 Å². The van der Waals surface area contributed by atoms with E-state index in [4.69, 9.17) is 9.16 Å². The van der Waals surface area contributed by atoms with Crippen LogP contribution in [-0.2, 0) is 9.16 Å². The number of hydrogen-bond donors (Lipinski definition) is 1. The molecule has 39 heavy (non-hydrogen) atoms. The Morgan fingerprint density at radius 2 is 1.18 bits per heavy atom. The first kappa shape index (κ1) is 30.6. The number of rotatable bonds is 9. The highest BCUT2D eigenvalue weighted by Gasteiger charge is 2.50. The van der Waals surface area contributed by atoms with Crippen LogP contribution in [0.4, 0.5) is 4.79 Å². The number of hydrogen-bond acceptors (Lipinski definition) is 3. The lowest BCUT2D eigenvalue weighted by molar-refractivity contribution is 0.0499. The van der Waals surface area contributed by atoms with Gasteiger partial charge in [0, 0.05) is 0 Å². The van der Waals surface area contributed by atoms with Gasteiger partial charge in [-0.3, -0.25) is 0 Å². The molecule has 1 N–H and O–H groups in total. The van der Waals surface area contributed by atoms with Crippen LogP contribution in [0.25, 0.3) is 0 Å². The monoisotopic (exact) mass is 559 g/mol. The molecule has 208 valence electrons. The summed E-state index contributed by atoms with van der Waals surface area (Å²) in [4.78, 5) is 13.1. The minimum absolute atomic E-state index is 0.181. The third kappa shape index (κ3) is 7.18. The van der Waals surface area contributed by atoms with Gasteiger partial charge in [0.25, 0.3) is 8.32 Å². The fourth-order valence-corrected chi connectivity index (χ4v) is 12.1. The molecule has 0 radical (unpaired) electrons. The van der Waals surface area contributed by atoms with Crippen LogP contribution in [0.15, 0.2) is 103 Å². The van der Waals surface area contributed by atoms with Gasteiger partial charge in [0.1, 0.15) is 13.7 Å². The van der Waals surface area contributed by atoms with E-state index in [-0.39, 0.29) is 5.04 Å². The minimum Gasteiger partial charge on any atom is -0.444 e. The second-order valence-electron chi connectivity index (χ2n) is 12.7. The van der Waals surface area contributed by atoms with E-state index in [9.17, 15) is 4.79 Å². The molecule has 3 rings (SSSR count). The van der Waals surface area contributed by atoms with Crippen molar-refractivity contribution < 1.29 is 14.0 Å². The summed E-state index contributed by atoms with van der Waals surface area (Å²) in [7, 11) is -5.01. The Morgan fingerprint density at radius 1 is 0.769 bits per heavy atom. The van der Waals surface area contributed by atoms with E-state index in [0.29, 0.717) is 6.61 Å². The van der Waals surface area contributed by atoms with E-state index in [1.807, 2.05) is 39.0 Å². The van der Waals surface area contributed by atoms with E-state index >= 15 is 0 Å². The number of carbonyl (C=O) groups is 1. The van der Waals surface area contributed by atoms with Gasteiger partial charge in [-0.05, 0) is 36.2 Å². The predicted molar refractivity (Wildman–Crippen MR) is 169 cm³/mol. The number of amides is 1. The molecule has 0 bridgehead atoms. The highest BCUT2D eigenvalue weighted by Crippen LogP contribution is 2.37. The molecule has 0 saturated carbocycles. The van der Waals surface area contributed by atoms with E-state index in [1.165, 1.54) is 15.6 Å². The number of benzene rings is 3. The van der Waals surface area contributed by atoms with Crippen molar-refractivity contribution in [1.29, 1.82) is 0 Å². The molecule has 0 heterocycles. The summed E-state index contributed by atoms with van der Waals surface area (Å²) in [5, 5.41) is 7.62. The topological polar surface area (TPSA) is 47.6 Å². The van der Waals surface area contributed by atoms with Crippen LogP contribution >= 0.6 is 0 Å². The van der Waals surface area contributed by atoms with Gasteiger partial charge >= 0.3 is 6.09 Å². The van der Waals surface area contributed by atoms with E-state index < -0.39 is 34.1 Å². The lowest BCUT2D eigenvalue weighted by atomic mass is 10.2. The third-order valence-corrected chi connectivity index (χ3v) is 16.0. The van der Waals surface area contributed by atoms with Crippen LogP contribution in [0.3, 0.4) is 0 Å². The van der Waals surface area contributed by atoms with Crippen LogP contribution in [0, 0.1) is 0 Å². The standard InChI is InChI=1S/C33H45NO3Si2/c1-26(38(8,9)27-19-13-10-14-20-27)30(34-31(35)37-32(2,3)4)25-36-39(33(5,6)7,28-21-15-11-16-22-28)29-23-17-12-18-24-29/h10-24,30H,1,25H2,2-9H3,(H,34,35)/t30-/m1/s1. The second-order valence-corrected chi connectivity index (χ2v) is 21.5. The van der Waals surface area contributed by atoms with Crippen molar-refractivity contribution in [3.8, 4) is 0 Å². The fraction of sp³-hybridized carbons (Fsp3) is 0.364. The van der Waals surface area contributed by atoms with Crippen molar-refractivity contribution in [2.24, 2.45) is 0 Å². The Hall–Kier alpha value is -2.94. The zero-order chi connectivity index (χ0) is 28.9. The molecule has 4 nitrogen and oxygen atoms in total. The van der Waals surface area contributed by atoms with Gasteiger partial charge in [0.05, 0.1) is 12.6 Å². The quantitative estimate of drug-likeness (QED) is 0.319. The van der Waals surface area contributed by atoms with Gasteiger partial charge in [-0.2, -0.15) is 0 Å². The zero-order valence-electron chi connectivity index (χ0n) is 24.9. The van der Waals surface area contributed by atoms with Crippen LogP contribution < -0.4 is 20.9 Å². The van der Waals surface area contributed by atoms with Crippen molar-refractivity contribution in [2.75, 3.05) is 6.61 Å². The van der Waals surface area contributed by atoms with E-state index in [2.05, 4.69) is 119 Å². The molecule has 1 atom stereocenters. The molecular weight excluding hydrogens is 515 g/mol. The number of nitrogens with one attached hydrogen (secondary N) is 1. The Bertz CT molecular complexity index is 1190. The van der Waals surface area contributed by atoms with Gasteiger partial charge in [-0.15, -0.1) is 6.58 Å². The van der Waals surface area contributed by atoms with E-state index in [1.54, 1.807) is 0 Å². The SMILES string of the molecule is C=C([C@@H](CO[Si](c1ccccc1)(c1ccccc1)C(C)(C)C)NC(=O)OC(C)(C)C)[Si](C)(C)c1ccccc1. The zero-order valence-corrected chi connectivity index (χ0v) is 26.9. The Labute approximate surface area is 237 Å². The Morgan fingerprint density at radius 3 is 1.56 bits per heavy atom. The van der Waals surface area contributed by atoms with Crippen LogP contribution in [0.2, 0.25) is 18.1 Å². The summed E-state index contributed by atoms with van der Waals surface area (Å²) in [6, 6.07) is 31.2. The molecule has 0 aliphatic carbocycles. The smallest absolute Gasteiger partial charge is 0.408 e. The van der Waals surface area contributed by atoms with Crippen molar-refractivity contribution in [1.82, 2.24) is 5.32 Å². The summed E-state index contributed by atoms with van der Waals surface area (Å²) in [6.45, 7) is 21.8. The molecule has 3 aromatic carbocycles. The van der Waals surface area contributed by atoms with Crippen LogP contribution in [-0.4, -0.2) is 40.7 Å². The largest absolute Gasteiger partial charge is 0.444 e. The van der Waals surface area contributed by atoms with Gasteiger partial charge in [-0.1, -0.05) is 135 Å². The van der Waals surface area contributed by atoms with Gasteiger partial charge in [0.2, 0.25) is 0 Å². The number of ether oxygens (including phenoxy) is 1. The minimum atomic E-state index is -2.81. The fourth-order valence-electron chi connectivity index (χ4n) is 5.12. The Kier molecular flexibility index (Phi) is 9.47. The maximum atomic E-state index is 13.1. The van der Waals surface area contributed by atoms with Crippen LogP contribution in [0.5, 0.6) is 0 Å². The maximum Gasteiger partial charge on any atom is 0.408 e. The first-order chi connectivity index (χ1) is 18.2. The molecule has 3 aromatic rings. The molecule has 0 spiro atoms. The molecule has 6 heteroatoms. The average Bonchev–Trinajstić information content (AvgIpc) is 2.88. The molecule has 0 aliphatic rings. The van der Waals surface area contributed by atoms with Gasteiger partial charge in [-0.25, -0.2) is 4.79 Å². The molecule has 0 unspecified atom stereocenters. The molecule has 0 aromatic heterocycles. The molecule has 0 fully saturated rings. The molecular formula is C33H45NO3Si2. The van der Waals surface area contributed by atoms with Crippen molar-refractivity contribution in [3.63, 3.8) is 0 Å². The predicted octanol–water partition coefficient (Wildman–Crippen LogP) is 6.17. The maximum absolute atomic E-state index is 13.1. The second kappa shape index (κ2) is 12.1. The lowest BCUT2D eigenvalue weighted by Gasteiger charge is -2.44. The third-order valence-electron chi connectivity index (χ3n) is 7.29. The number of alkyl carbamates (subject to hydrolysis) is 1. The summed E-state index contributed by atoms with van der Waals surface area (Å²) < 4.78 is 12.9. The highest BCUT2D eigenvalue weighted by atomic mass is 28.4. The average molecular weight is 560 g/mol. The lowest BCUT2D eigenvalue weighted by Crippen LogP contribution is -2.67. The summed E-state index contributed by atoms with van der Waals surface area (Å²) in [5.41, 5.74) is -0.610. The van der Waals surface area contributed by atoms with Crippen molar-refractivity contribution >= 4 is 38.0 Å². The number of carbonyl (C=O) groups excluding carboxylic acids is 1. The Balaban J connectivity index is 2.08. The van der Waals surface area contributed by atoms with Crippen LogP contribution in [0.1, 0.15) is 41.5 Å². The summed E-state index contributed by atoms with van der Waals surface area (Å²) >= 11 is 0. The highest BCUT2D eigenvalue weighted by molar-refractivity contribution is 6.99. The summed E-state index contributed by atoms with van der Waals surface area (Å²) in [5.74, 6) is 0. The van der Waals surface area contributed by atoms with E-state index in [0.717, 1.165) is 5.20 Å². The molecule has 0 aliphatic heterocycles. The van der Waals surface area contributed by atoms with Crippen molar-refractivity contribution in [2.45, 2.75) is 71.3 Å². The normalized spacial score (nSPS) is 13.4.